The minimum Gasteiger partial charge on any atom is -0.382 e. The summed E-state index contributed by atoms with van der Waals surface area (Å²) in [6.07, 6.45) is 10.0. The van der Waals surface area contributed by atoms with E-state index in [0.29, 0.717) is 19.3 Å². The van der Waals surface area contributed by atoms with Crippen LogP contribution in [0.3, 0.4) is 0 Å². The zero-order valence-corrected chi connectivity index (χ0v) is 19.1. The van der Waals surface area contributed by atoms with Gasteiger partial charge in [0.25, 0.3) is 0 Å². The quantitative estimate of drug-likeness (QED) is 0.205. The van der Waals surface area contributed by atoms with Gasteiger partial charge in [0.2, 0.25) is 0 Å². The number of nitrogens with zero attached hydrogens (tertiary/aromatic N) is 4. The minimum absolute atomic E-state index is 0.580. The third-order valence-corrected chi connectivity index (χ3v) is 5.61. The molecule has 1 aliphatic rings. The largest absolute Gasteiger partial charge is 0.382 e. The Kier molecular flexibility index (Phi) is 12.1. The summed E-state index contributed by atoms with van der Waals surface area (Å²) in [5, 5.41) is 16.6. The second-order valence-electron chi connectivity index (χ2n) is 7.16. The van der Waals surface area contributed by atoms with Crippen LogP contribution in [0.4, 0.5) is 0 Å². The van der Waals surface area contributed by atoms with Gasteiger partial charge in [-0.05, 0) is 38.9 Å². The first-order chi connectivity index (χ1) is 14.3. The SMILES string of the molecule is CCNC(=NCCCc1nnc(SC)n1C1CCCC1)NCCCOCCOC. The molecule has 1 aliphatic carbocycles. The van der Waals surface area contributed by atoms with Crippen molar-refractivity contribution in [3.8, 4) is 0 Å². The Morgan fingerprint density at radius 2 is 2.00 bits per heavy atom. The Morgan fingerprint density at radius 3 is 2.72 bits per heavy atom. The predicted octanol–water partition coefficient (Wildman–Crippen LogP) is 2.66. The summed E-state index contributed by atoms with van der Waals surface area (Å²) in [4.78, 5) is 4.70. The Bertz CT molecular complexity index is 590. The van der Waals surface area contributed by atoms with Crippen molar-refractivity contribution in [1.29, 1.82) is 0 Å². The van der Waals surface area contributed by atoms with E-state index in [2.05, 4.69) is 38.6 Å². The summed E-state index contributed by atoms with van der Waals surface area (Å²) in [5.41, 5.74) is 0. The van der Waals surface area contributed by atoms with Gasteiger partial charge < -0.3 is 24.7 Å². The topological polar surface area (TPSA) is 85.6 Å². The van der Waals surface area contributed by atoms with E-state index in [-0.39, 0.29) is 0 Å². The number of hydrogen-bond donors (Lipinski definition) is 2. The third-order valence-electron chi connectivity index (χ3n) is 4.97. The van der Waals surface area contributed by atoms with Gasteiger partial charge in [-0.2, -0.15) is 0 Å². The highest BCUT2D eigenvalue weighted by atomic mass is 32.2. The van der Waals surface area contributed by atoms with Crippen LogP contribution in [0.5, 0.6) is 0 Å². The lowest BCUT2D eigenvalue weighted by Crippen LogP contribution is -2.38. The lowest BCUT2D eigenvalue weighted by molar-refractivity contribution is 0.0698. The molecular weight excluding hydrogens is 388 g/mol. The van der Waals surface area contributed by atoms with Crippen molar-refractivity contribution in [2.24, 2.45) is 4.99 Å². The first-order valence-electron chi connectivity index (χ1n) is 10.9. The van der Waals surface area contributed by atoms with Gasteiger partial charge in [0.1, 0.15) is 5.82 Å². The van der Waals surface area contributed by atoms with Crippen LogP contribution in [0.15, 0.2) is 10.1 Å². The number of thioether (sulfide) groups is 1. The fraction of sp³-hybridized carbons (Fsp3) is 0.850. The van der Waals surface area contributed by atoms with Crippen LogP contribution in [0.1, 0.15) is 57.3 Å². The molecule has 0 saturated heterocycles. The molecule has 0 atom stereocenters. The molecule has 0 bridgehead atoms. The molecule has 0 radical (unpaired) electrons. The predicted molar refractivity (Wildman–Crippen MR) is 119 cm³/mol. The molecule has 29 heavy (non-hydrogen) atoms. The molecule has 2 N–H and O–H groups in total. The molecule has 1 aromatic rings. The van der Waals surface area contributed by atoms with Gasteiger partial charge in [-0.1, -0.05) is 24.6 Å². The number of hydrogen-bond acceptors (Lipinski definition) is 6. The summed E-state index contributed by atoms with van der Waals surface area (Å²) in [6, 6.07) is 0.580. The summed E-state index contributed by atoms with van der Waals surface area (Å²) in [5.74, 6) is 1.98. The smallest absolute Gasteiger partial charge is 0.191 e. The van der Waals surface area contributed by atoms with Crippen molar-refractivity contribution in [2.45, 2.75) is 63.1 Å². The molecule has 1 fully saturated rings. The van der Waals surface area contributed by atoms with E-state index in [1.807, 2.05) is 0 Å². The highest BCUT2D eigenvalue weighted by Gasteiger charge is 2.23. The molecule has 0 spiro atoms. The average Bonchev–Trinajstić information content (AvgIpc) is 3.39. The first kappa shape index (κ1) is 24.0. The highest BCUT2D eigenvalue weighted by molar-refractivity contribution is 7.98. The minimum atomic E-state index is 0.580. The van der Waals surface area contributed by atoms with E-state index in [0.717, 1.165) is 62.4 Å². The maximum absolute atomic E-state index is 5.49. The number of aromatic nitrogens is 3. The van der Waals surface area contributed by atoms with Crippen LogP contribution in [-0.4, -0.2) is 73.5 Å². The van der Waals surface area contributed by atoms with E-state index in [1.165, 1.54) is 25.7 Å². The number of aryl methyl sites for hydroxylation is 1. The standard InChI is InChI=1S/C20H38N6O2S/c1-4-21-19(23-13-8-14-28-16-15-27-2)22-12-7-11-18-24-25-20(29-3)26(18)17-9-5-6-10-17/h17H,4-16H2,1-3H3,(H2,21,22,23). The summed E-state index contributed by atoms with van der Waals surface area (Å²) in [6.45, 7) is 6.56. The molecule has 0 aliphatic heterocycles. The highest BCUT2D eigenvalue weighted by Crippen LogP contribution is 2.33. The molecule has 9 heteroatoms. The normalized spacial score (nSPS) is 15.2. The monoisotopic (exact) mass is 426 g/mol. The van der Waals surface area contributed by atoms with Gasteiger partial charge in [0.15, 0.2) is 11.1 Å². The molecular formula is C20H38N6O2S. The van der Waals surface area contributed by atoms with Crippen LogP contribution in [0.2, 0.25) is 0 Å². The Hall–Kier alpha value is -1.32. The first-order valence-corrected chi connectivity index (χ1v) is 12.1. The number of ether oxygens (including phenoxy) is 2. The molecule has 1 saturated carbocycles. The van der Waals surface area contributed by atoms with Crippen LogP contribution < -0.4 is 10.6 Å². The van der Waals surface area contributed by atoms with E-state index in [1.54, 1.807) is 18.9 Å². The molecule has 166 valence electrons. The summed E-state index contributed by atoms with van der Waals surface area (Å²) >= 11 is 1.70. The van der Waals surface area contributed by atoms with Gasteiger partial charge >= 0.3 is 0 Å². The number of guanidine groups is 1. The summed E-state index contributed by atoms with van der Waals surface area (Å²) < 4.78 is 12.8. The maximum Gasteiger partial charge on any atom is 0.191 e. The van der Waals surface area contributed by atoms with Crippen molar-refractivity contribution >= 4 is 17.7 Å². The van der Waals surface area contributed by atoms with Crippen LogP contribution in [0, 0.1) is 0 Å². The second-order valence-corrected chi connectivity index (χ2v) is 7.93. The molecule has 8 nitrogen and oxygen atoms in total. The number of aliphatic imine (C=N–C) groups is 1. The zero-order chi connectivity index (χ0) is 20.7. The fourth-order valence-corrected chi connectivity index (χ4v) is 4.12. The van der Waals surface area contributed by atoms with Crippen LogP contribution in [0.25, 0.3) is 0 Å². The van der Waals surface area contributed by atoms with Gasteiger partial charge in [-0.15, -0.1) is 10.2 Å². The van der Waals surface area contributed by atoms with E-state index >= 15 is 0 Å². The van der Waals surface area contributed by atoms with Crippen molar-refractivity contribution in [3.63, 3.8) is 0 Å². The fourth-order valence-electron chi connectivity index (χ4n) is 3.54. The molecule has 2 rings (SSSR count). The Morgan fingerprint density at radius 1 is 1.17 bits per heavy atom. The number of nitrogens with one attached hydrogen (secondary N) is 2. The number of rotatable bonds is 14. The molecule has 1 aromatic heterocycles. The van der Waals surface area contributed by atoms with Crippen LogP contribution >= 0.6 is 11.8 Å². The van der Waals surface area contributed by atoms with Crippen molar-refractivity contribution < 1.29 is 9.47 Å². The van der Waals surface area contributed by atoms with Gasteiger partial charge in [0.05, 0.1) is 13.2 Å². The second kappa shape index (κ2) is 14.6. The van der Waals surface area contributed by atoms with Crippen molar-refractivity contribution in [1.82, 2.24) is 25.4 Å². The molecule has 0 aromatic carbocycles. The van der Waals surface area contributed by atoms with Crippen molar-refractivity contribution in [2.75, 3.05) is 52.8 Å². The van der Waals surface area contributed by atoms with E-state index < -0.39 is 0 Å². The lowest BCUT2D eigenvalue weighted by atomic mass is 10.2. The van der Waals surface area contributed by atoms with Gasteiger partial charge in [0, 0.05) is 45.8 Å². The van der Waals surface area contributed by atoms with Gasteiger partial charge in [-0.3, -0.25) is 4.99 Å². The number of methoxy groups -OCH3 is 1. The van der Waals surface area contributed by atoms with E-state index in [4.69, 9.17) is 14.5 Å². The summed E-state index contributed by atoms with van der Waals surface area (Å²) in [7, 11) is 1.68. The zero-order valence-electron chi connectivity index (χ0n) is 18.3. The van der Waals surface area contributed by atoms with Gasteiger partial charge in [-0.25, -0.2) is 0 Å². The van der Waals surface area contributed by atoms with Crippen molar-refractivity contribution in [3.05, 3.63) is 5.82 Å². The lowest BCUT2D eigenvalue weighted by Gasteiger charge is -2.16. The van der Waals surface area contributed by atoms with Crippen LogP contribution in [-0.2, 0) is 15.9 Å². The average molecular weight is 427 g/mol. The Balaban J connectivity index is 1.74. The molecule has 0 unspecified atom stereocenters. The third kappa shape index (κ3) is 8.52. The maximum atomic E-state index is 5.49. The van der Waals surface area contributed by atoms with E-state index in [9.17, 15) is 0 Å². The Labute approximate surface area is 179 Å². The molecule has 1 heterocycles. The molecule has 0 amide bonds.